The van der Waals surface area contributed by atoms with Crippen molar-refractivity contribution in [2.24, 2.45) is 5.16 Å². The number of oxime groups is 1. The number of anilines is 1. The van der Waals surface area contributed by atoms with E-state index in [-0.39, 0.29) is 34.4 Å². The number of thiazole rings is 1. The highest BCUT2D eigenvalue weighted by atomic mass is 32.2. The number of hydrogen-bond donors (Lipinski definition) is 3. The Kier molecular flexibility index (Phi) is 6.88. The van der Waals surface area contributed by atoms with Crippen LogP contribution in [-0.4, -0.2) is 88.7 Å². The number of ether oxygens (including phenoxy) is 2. The van der Waals surface area contributed by atoms with Crippen molar-refractivity contribution in [3.8, 4) is 0 Å². The van der Waals surface area contributed by atoms with Gasteiger partial charge in [-0.25, -0.2) is 9.78 Å². The third kappa shape index (κ3) is 4.43. The van der Waals surface area contributed by atoms with E-state index in [4.69, 9.17) is 20.0 Å². The van der Waals surface area contributed by atoms with Crippen LogP contribution in [0.5, 0.6) is 0 Å². The van der Waals surface area contributed by atoms with Crippen LogP contribution in [0.4, 0.5) is 5.13 Å². The van der Waals surface area contributed by atoms with Crippen LogP contribution in [0.15, 0.2) is 21.8 Å². The molecule has 0 unspecified atom stereocenters. The van der Waals surface area contributed by atoms with Crippen LogP contribution in [-0.2, 0) is 28.7 Å². The minimum absolute atomic E-state index is 0.0737. The maximum atomic E-state index is 12.9. The Morgan fingerprint density at radius 1 is 1.42 bits per heavy atom. The van der Waals surface area contributed by atoms with Crippen molar-refractivity contribution in [2.45, 2.75) is 36.5 Å². The maximum Gasteiger partial charge on any atom is 0.352 e. The minimum Gasteiger partial charge on any atom is -0.477 e. The molecule has 14 heteroatoms. The molecule has 4 rings (SSSR count). The number of carbonyl (C=O) groups excluding carboxylic acids is 2. The van der Waals surface area contributed by atoms with Gasteiger partial charge in [0.15, 0.2) is 10.8 Å². The van der Waals surface area contributed by atoms with Crippen molar-refractivity contribution in [2.75, 3.05) is 32.3 Å². The van der Waals surface area contributed by atoms with E-state index in [1.807, 2.05) is 0 Å². The number of aliphatic carboxylic acids is 1. The van der Waals surface area contributed by atoms with E-state index in [0.717, 1.165) is 17.8 Å². The number of nitrogens with zero attached hydrogens (tertiary/aromatic N) is 3. The van der Waals surface area contributed by atoms with Crippen molar-refractivity contribution in [1.82, 2.24) is 15.2 Å². The lowest BCUT2D eigenvalue weighted by Crippen LogP contribution is -2.71. The van der Waals surface area contributed by atoms with Gasteiger partial charge >= 0.3 is 5.97 Å². The molecule has 12 nitrogen and oxygen atoms in total. The third-order valence-corrected chi connectivity index (χ3v) is 7.47. The zero-order valence-corrected chi connectivity index (χ0v) is 19.5. The van der Waals surface area contributed by atoms with Crippen LogP contribution in [0.1, 0.15) is 18.5 Å². The molecule has 3 aliphatic heterocycles. The Labute approximate surface area is 197 Å². The monoisotopic (exact) mass is 497 g/mol. The van der Waals surface area contributed by atoms with Gasteiger partial charge in [0.2, 0.25) is 0 Å². The predicted molar refractivity (Wildman–Crippen MR) is 120 cm³/mol. The summed E-state index contributed by atoms with van der Waals surface area (Å²) in [5.41, 5.74) is 6.22. The van der Waals surface area contributed by atoms with E-state index in [0.29, 0.717) is 24.4 Å². The van der Waals surface area contributed by atoms with Crippen LogP contribution in [0.25, 0.3) is 0 Å². The van der Waals surface area contributed by atoms with Crippen molar-refractivity contribution < 1.29 is 33.8 Å². The number of nitrogens with one attached hydrogen (secondary N) is 1. The first-order valence-corrected chi connectivity index (χ1v) is 12.0. The Morgan fingerprint density at radius 2 is 2.21 bits per heavy atom. The summed E-state index contributed by atoms with van der Waals surface area (Å²) < 4.78 is 11.1. The molecule has 4 N–H and O–H groups in total. The number of carboxylic acid groups (broad SMARTS) is 1. The second-order valence-corrected chi connectivity index (χ2v) is 9.51. The SMILES string of the molecule is COC[C@@H]1CC[C@H](C2=C(C(=O)O)N3C(=O)[C@@H](NC(=O)/C(=N\OC)c4csc(N)n4)[C@H]3SC2)O1. The highest BCUT2D eigenvalue weighted by Crippen LogP contribution is 2.43. The lowest BCUT2D eigenvalue weighted by Gasteiger charge is -2.49. The van der Waals surface area contributed by atoms with E-state index in [1.165, 1.54) is 23.8 Å². The van der Waals surface area contributed by atoms with E-state index in [2.05, 4.69) is 15.5 Å². The summed E-state index contributed by atoms with van der Waals surface area (Å²) in [5.74, 6) is -2.02. The fourth-order valence-corrected chi connectivity index (χ4v) is 6.02. The standard InChI is InChI=1S/C19H23N5O7S2/c1-29-5-8-3-4-11(31-8)9-6-32-17-13(16(26)24(17)14(9)18(27)28)22-15(25)12(23-30-2)10-7-33-19(20)21-10/h7-8,11,13,17H,3-6H2,1-2H3,(H2,20,21)(H,22,25)(H,27,28)/b23-12-/t8-,11+,13+,17+/m0/s1. The van der Waals surface area contributed by atoms with Crippen LogP contribution in [0.2, 0.25) is 0 Å². The number of nitrogen functional groups attached to an aromatic ring is 1. The Bertz CT molecular complexity index is 1030. The van der Waals surface area contributed by atoms with Crippen LogP contribution in [0.3, 0.4) is 0 Å². The van der Waals surface area contributed by atoms with E-state index in [9.17, 15) is 19.5 Å². The Balaban J connectivity index is 1.51. The number of nitrogens with two attached hydrogens (primary N) is 1. The number of rotatable bonds is 8. The molecule has 0 aliphatic carbocycles. The number of aromatic nitrogens is 1. The molecule has 3 aliphatic rings. The number of β-lactam (4-membered cyclic amide) rings is 1. The molecule has 0 aromatic carbocycles. The zero-order chi connectivity index (χ0) is 23.7. The molecule has 2 saturated heterocycles. The quantitative estimate of drug-likeness (QED) is 0.253. The lowest BCUT2D eigenvalue weighted by molar-refractivity contribution is -0.150. The maximum absolute atomic E-state index is 12.9. The third-order valence-electron chi connectivity index (χ3n) is 5.50. The van der Waals surface area contributed by atoms with E-state index < -0.39 is 29.2 Å². The van der Waals surface area contributed by atoms with Gasteiger partial charge in [0, 0.05) is 18.2 Å². The average molecular weight is 498 g/mol. The minimum atomic E-state index is -1.20. The number of carboxylic acids is 1. The molecule has 0 spiro atoms. The smallest absolute Gasteiger partial charge is 0.352 e. The number of methoxy groups -OCH3 is 1. The molecule has 178 valence electrons. The Hall–Kier alpha value is -2.68. The van der Waals surface area contributed by atoms with Crippen molar-refractivity contribution in [3.05, 3.63) is 22.3 Å². The van der Waals surface area contributed by atoms with E-state index >= 15 is 0 Å². The van der Waals surface area contributed by atoms with Gasteiger partial charge in [-0.3, -0.25) is 14.5 Å². The normalized spacial score (nSPS) is 27.3. The van der Waals surface area contributed by atoms with Gasteiger partial charge in [0.05, 0.1) is 18.8 Å². The molecule has 4 atom stereocenters. The first kappa shape index (κ1) is 23.5. The fraction of sp³-hybridized carbons (Fsp3) is 0.526. The topological polar surface area (TPSA) is 166 Å². The van der Waals surface area contributed by atoms with Crippen molar-refractivity contribution in [3.63, 3.8) is 0 Å². The molecule has 2 amide bonds. The fourth-order valence-electron chi connectivity index (χ4n) is 4.06. The second kappa shape index (κ2) is 9.67. The molecule has 1 aromatic rings. The molecule has 1 aromatic heterocycles. The lowest BCUT2D eigenvalue weighted by atomic mass is 9.99. The highest BCUT2D eigenvalue weighted by Gasteiger charge is 2.55. The number of thioether (sulfide) groups is 1. The van der Waals surface area contributed by atoms with Gasteiger partial charge in [0.1, 0.15) is 29.9 Å². The summed E-state index contributed by atoms with van der Waals surface area (Å²) >= 11 is 2.51. The summed E-state index contributed by atoms with van der Waals surface area (Å²) in [6.45, 7) is 0.425. The summed E-state index contributed by atoms with van der Waals surface area (Å²) in [6, 6.07) is -0.915. The second-order valence-electron chi connectivity index (χ2n) is 7.51. The first-order chi connectivity index (χ1) is 15.8. The average Bonchev–Trinajstić information content (AvgIpc) is 3.43. The summed E-state index contributed by atoms with van der Waals surface area (Å²) in [5, 5.41) is 17.4. The Morgan fingerprint density at radius 3 is 2.85 bits per heavy atom. The van der Waals surface area contributed by atoms with Crippen molar-refractivity contribution in [1.29, 1.82) is 0 Å². The summed E-state index contributed by atoms with van der Waals surface area (Å²) in [7, 11) is 2.86. The van der Waals surface area contributed by atoms with Crippen molar-refractivity contribution >= 4 is 51.7 Å². The van der Waals surface area contributed by atoms with Gasteiger partial charge in [-0.2, -0.15) is 0 Å². The molecule has 0 radical (unpaired) electrons. The number of hydrogen-bond acceptors (Lipinski definition) is 11. The molecule has 0 saturated carbocycles. The molecular formula is C19H23N5O7S2. The first-order valence-electron chi connectivity index (χ1n) is 10.0. The van der Waals surface area contributed by atoms with E-state index in [1.54, 1.807) is 12.5 Å². The van der Waals surface area contributed by atoms with Crippen LogP contribution < -0.4 is 11.1 Å². The van der Waals surface area contributed by atoms with Gasteiger partial charge < -0.3 is 30.5 Å². The van der Waals surface area contributed by atoms with Crippen LogP contribution >= 0.6 is 23.1 Å². The molecule has 2 fully saturated rings. The summed E-state index contributed by atoms with van der Waals surface area (Å²) in [4.78, 5) is 47.8. The summed E-state index contributed by atoms with van der Waals surface area (Å²) in [6.07, 6.45) is 0.906. The molecule has 0 bridgehead atoms. The van der Waals surface area contributed by atoms with Gasteiger partial charge in [0.25, 0.3) is 11.8 Å². The predicted octanol–water partition coefficient (Wildman–Crippen LogP) is 0.00840. The van der Waals surface area contributed by atoms with Gasteiger partial charge in [-0.15, -0.1) is 23.1 Å². The zero-order valence-electron chi connectivity index (χ0n) is 17.8. The number of carbonyl (C=O) groups is 3. The molecule has 4 heterocycles. The van der Waals surface area contributed by atoms with Gasteiger partial charge in [-0.1, -0.05) is 5.16 Å². The van der Waals surface area contributed by atoms with Crippen LogP contribution in [0, 0.1) is 0 Å². The molecule has 33 heavy (non-hydrogen) atoms. The largest absolute Gasteiger partial charge is 0.477 e. The van der Waals surface area contributed by atoms with Gasteiger partial charge in [-0.05, 0) is 18.4 Å². The number of amides is 2. The highest BCUT2D eigenvalue weighted by molar-refractivity contribution is 8.00. The number of fused-ring (bicyclic) bond motifs is 1. The molecular weight excluding hydrogens is 474 g/mol.